The van der Waals surface area contributed by atoms with Crippen molar-refractivity contribution in [1.29, 1.82) is 0 Å². The molecule has 72 valence electrons. The van der Waals surface area contributed by atoms with Crippen LogP contribution in [0.2, 0.25) is 0 Å². The molecule has 0 amide bonds. The van der Waals surface area contributed by atoms with Gasteiger partial charge in [0.1, 0.15) is 12.4 Å². The summed E-state index contributed by atoms with van der Waals surface area (Å²) in [7, 11) is 1.56. The molecule has 13 heavy (non-hydrogen) atoms. The molecule has 0 spiro atoms. The first-order chi connectivity index (χ1) is 6.24. The van der Waals surface area contributed by atoms with Gasteiger partial charge >= 0.3 is 6.09 Å². The van der Waals surface area contributed by atoms with Crippen molar-refractivity contribution in [2.75, 3.05) is 13.7 Å². The first kappa shape index (κ1) is 9.73. The second-order valence-corrected chi connectivity index (χ2v) is 2.62. The van der Waals surface area contributed by atoms with Crippen molar-refractivity contribution < 1.29 is 14.3 Å². The molecule has 0 fully saturated rings. The normalized spacial score (nSPS) is 12.5. The third-order valence-corrected chi connectivity index (χ3v) is 1.42. The predicted octanol–water partition coefficient (Wildman–Crippen LogP) is 0.903. The molecule has 0 aliphatic heterocycles. The maximum Gasteiger partial charge on any atom is 0.419 e. The molecule has 0 aliphatic carbocycles. The Morgan fingerprint density at radius 3 is 3.00 bits per heavy atom. The molecule has 0 saturated carbocycles. The summed E-state index contributed by atoms with van der Waals surface area (Å²) in [6, 6.07) is 0. The highest BCUT2D eigenvalue weighted by molar-refractivity contribution is 5.70. The van der Waals surface area contributed by atoms with E-state index in [9.17, 15) is 4.79 Å². The van der Waals surface area contributed by atoms with Gasteiger partial charge in [-0.15, -0.1) is 0 Å². The van der Waals surface area contributed by atoms with Crippen LogP contribution in [0.5, 0.6) is 0 Å². The monoisotopic (exact) mass is 184 g/mol. The van der Waals surface area contributed by atoms with Gasteiger partial charge in [-0.3, -0.25) is 0 Å². The summed E-state index contributed by atoms with van der Waals surface area (Å²) in [4.78, 5) is 15.0. The van der Waals surface area contributed by atoms with E-state index < -0.39 is 6.09 Å². The lowest BCUT2D eigenvalue weighted by atomic mass is 10.4. The third-order valence-electron chi connectivity index (χ3n) is 1.42. The van der Waals surface area contributed by atoms with E-state index in [1.165, 1.54) is 23.3 Å². The number of methoxy groups -OCH3 is 1. The van der Waals surface area contributed by atoms with E-state index in [1.807, 2.05) is 0 Å². The summed E-state index contributed by atoms with van der Waals surface area (Å²) >= 11 is 0. The van der Waals surface area contributed by atoms with Crippen molar-refractivity contribution in [2.24, 2.45) is 0 Å². The number of hydrogen-bond acceptors (Lipinski definition) is 4. The third kappa shape index (κ3) is 2.87. The van der Waals surface area contributed by atoms with Gasteiger partial charge in [0.25, 0.3) is 0 Å². The molecule has 0 bridgehead atoms. The van der Waals surface area contributed by atoms with Crippen molar-refractivity contribution in [3.8, 4) is 0 Å². The quantitative estimate of drug-likeness (QED) is 0.700. The Bertz CT molecular complexity index is 258. The molecule has 0 aliphatic rings. The van der Waals surface area contributed by atoms with Crippen LogP contribution in [0.15, 0.2) is 18.7 Å². The number of aromatic nitrogens is 2. The van der Waals surface area contributed by atoms with Crippen LogP contribution in [-0.4, -0.2) is 35.5 Å². The Morgan fingerprint density at radius 1 is 1.69 bits per heavy atom. The van der Waals surface area contributed by atoms with Crippen LogP contribution in [0, 0.1) is 0 Å². The standard InChI is InChI=1S/C8H12N2O3/c1-7(5-12-2)13-8(11)10-4-3-9-6-10/h3-4,6-7H,5H2,1-2H3. The van der Waals surface area contributed by atoms with Gasteiger partial charge in [0.2, 0.25) is 0 Å². The van der Waals surface area contributed by atoms with Gasteiger partial charge in [0.15, 0.2) is 0 Å². The van der Waals surface area contributed by atoms with E-state index in [4.69, 9.17) is 9.47 Å². The lowest BCUT2D eigenvalue weighted by Crippen LogP contribution is -2.22. The molecule has 1 aromatic heterocycles. The number of carbonyl (C=O) groups excluding carboxylic acids is 1. The minimum absolute atomic E-state index is 0.250. The zero-order chi connectivity index (χ0) is 9.68. The van der Waals surface area contributed by atoms with Crippen molar-refractivity contribution >= 4 is 6.09 Å². The summed E-state index contributed by atoms with van der Waals surface area (Å²) in [5.74, 6) is 0. The molecule has 0 aromatic carbocycles. The lowest BCUT2D eigenvalue weighted by molar-refractivity contribution is 0.0497. The van der Waals surface area contributed by atoms with Crippen molar-refractivity contribution in [3.63, 3.8) is 0 Å². The Kier molecular flexibility index (Phi) is 3.45. The Morgan fingerprint density at radius 2 is 2.46 bits per heavy atom. The fourth-order valence-electron chi connectivity index (χ4n) is 0.869. The van der Waals surface area contributed by atoms with Crippen molar-refractivity contribution in [2.45, 2.75) is 13.0 Å². The molecular formula is C8H12N2O3. The Hall–Kier alpha value is -1.36. The van der Waals surface area contributed by atoms with Gasteiger partial charge in [-0.25, -0.2) is 14.3 Å². The van der Waals surface area contributed by atoms with Crippen LogP contribution < -0.4 is 0 Å². The molecule has 0 radical (unpaired) electrons. The number of rotatable bonds is 3. The van der Waals surface area contributed by atoms with E-state index in [-0.39, 0.29) is 6.10 Å². The van der Waals surface area contributed by atoms with Gasteiger partial charge in [-0.1, -0.05) is 0 Å². The summed E-state index contributed by atoms with van der Waals surface area (Å²) in [6.45, 7) is 2.15. The Labute approximate surface area is 76.3 Å². The average Bonchev–Trinajstić information content (AvgIpc) is 2.55. The van der Waals surface area contributed by atoms with Gasteiger partial charge in [0, 0.05) is 19.5 Å². The van der Waals surface area contributed by atoms with Crippen LogP contribution in [0.1, 0.15) is 6.92 Å². The highest BCUT2D eigenvalue weighted by Crippen LogP contribution is 1.96. The molecule has 1 heterocycles. The molecule has 5 nitrogen and oxygen atoms in total. The number of ether oxygens (including phenoxy) is 2. The topological polar surface area (TPSA) is 53.4 Å². The van der Waals surface area contributed by atoms with Crippen LogP contribution in [-0.2, 0) is 9.47 Å². The smallest absolute Gasteiger partial charge is 0.419 e. The maximum absolute atomic E-state index is 11.2. The van der Waals surface area contributed by atoms with Crippen LogP contribution >= 0.6 is 0 Å². The largest absolute Gasteiger partial charge is 0.443 e. The fraction of sp³-hybridized carbons (Fsp3) is 0.500. The average molecular weight is 184 g/mol. The van der Waals surface area contributed by atoms with E-state index in [0.717, 1.165) is 0 Å². The van der Waals surface area contributed by atoms with Crippen LogP contribution in [0.3, 0.4) is 0 Å². The second-order valence-electron chi connectivity index (χ2n) is 2.62. The molecule has 1 rings (SSSR count). The lowest BCUT2D eigenvalue weighted by Gasteiger charge is -2.11. The molecule has 1 unspecified atom stereocenters. The Balaban J connectivity index is 2.42. The molecule has 0 N–H and O–H groups in total. The number of nitrogens with zero attached hydrogens (tertiary/aromatic N) is 2. The maximum atomic E-state index is 11.2. The van der Waals surface area contributed by atoms with E-state index in [0.29, 0.717) is 6.61 Å². The summed E-state index contributed by atoms with van der Waals surface area (Å²) in [6.07, 6.45) is 3.74. The molecule has 1 aromatic rings. The van der Waals surface area contributed by atoms with E-state index in [1.54, 1.807) is 14.0 Å². The van der Waals surface area contributed by atoms with Crippen molar-refractivity contribution in [1.82, 2.24) is 9.55 Å². The highest BCUT2D eigenvalue weighted by Gasteiger charge is 2.09. The number of hydrogen-bond donors (Lipinski definition) is 0. The first-order valence-corrected chi connectivity index (χ1v) is 3.92. The first-order valence-electron chi connectivity index (χ1n) is 3.92. The summed E-state index contributed by atoms with van der Waals surface area (Å²) in [5, 5.41) is 0. The number of imidazole rings is 1. The zero-order valence-electron chi connectivity index (χ0n) is 7.64. The van der Waals surface area contributed by atoms with Crippen LogP contribution in [0.25, 0.3) is 0 Å². The van der Waals surface area contributed by atoms with Gasteiger partial charge in [-0.2, -0.15) is 0 Å². The zero-order valence-corrected chi connectivity index (χ0v) is 7.64. The predicted molar refractivity (Wildman–Crippen MR) is 45.4 cm³/mol. The fourth-order valence-corrected chi connectivity index (χ4v) is 0.869. The highest BCUT2D eigenvalue weighted by atomic mass is 16.6. The van der Waals surface area contributed by atoms with E-state index in [2.05, 4.69) is 4.98 Å². The number of carbonyl (C=O) groups is 1. The SMILES string of the molecule is COCC(C)OC(=O)n1ccnc1. The minimum Gasteiger partial charge on any atom is -0.443 e. The minimum atomic E-state index is -0.443. The summed E-state index contributed by atoms with van der Waals surface area (Å²) < 4.78 is 11.1. The van der Waals surface area contributed by atoms with Gasteiger partial charge in [-0.05, 0) is 6.92 Å². The van der Waals surface area contributed by atoms with E-state index >= 15 is 0 Å². The molecule has 1 atom stereocenters. The van der Waals surface area contributed by atoms with Crippen LogP contribution in [0.4, 0.5) is 4.79 Å². The molecular weight excluding hydrogens is 172 g/mol. The molecule has 0 saturated heterocycles. The van der Waals surface area contributed by atoms with Gasteiger partial charge in [0.05, 0.1) is 6.61 Å². The second kappa shape index (κ2) is 4.61. The summed E-state index contributed by atoms with van der Waals surface area (Å²) in [5.41, 5.74) is 0. The van der Waals surface area contributed by atoms with Crippen molar-refractivity contribution in [3.05, 3.63) is 18.7 Å². The van der Waals surface area contributed by atoms with Gasteiger partial charge < -0.3 is 9.47 Å². The molecule has 5 heteroatoms.